The number of aryl methyl sites for hydroxylation is 1. The molecule has 1 saturated heterocycles. The number of pyridine rings is 1. The summed E-state index contributed by atoms with van der Waals surface area (Å²) in [5.41, 5.74) is 1.09. The third-order valence-corrected chi connectivity index (χ3v) is 4.01. The summed E-state index contributed by atoms with van der Waals surface area (Å²) in [7, 11) is 1.53. The number of hydrogen-bond donors (Lipinski definition) is 2. The van der Waals surface area contributed by atoms with Crippen LogP contribution in [0.3, 0.4) is 0 Å². The zero-order chi connectivity index (χ0) is 16.3. The van der Waals surface area contributed by atoms with Crippen molar-refractivity contribution >= 4 is 17.8 Å². The maximum atomic E-state index is 12.7. The molecule has 1 aliphatic heterocycles. The first kappa shape index (κ1) is 15.9. The van der Waals surface area contributed by atoms with Crippen LogP contribution in [0.15, 0.2) is 18.5 Å². The zero-order valence-electron chi connectivity index (χ0n) is 12.6. The van der Waals surface area contributed by atoms with E-state index in [1.165, 1.54) is 18.1 Å². The van der Waals surface area contributed by atoms with Crippen molar-refractivity contribution in [2.45, 2.75) is 25.8 Å². The van der Waals surface area contributed by atoms with Gasteiger partial charge in [0, 0.05) is 26.0 Å². The number of carboxylic acid groups (broad SMARTS) is 1. The van der Waals surface area contributed by atoms with Crippen molar-refractivity contribution in [1.29, 1.82) is 0 Å². The van der Waals surface area contributed by atoms with Crippen LogP contribution in [0.5, 0.6) is 0 Å². The summed E-state index contributed by atoms with van der Waals surface area (Å²) in [4.78, 5) is 41.1. The molecule has 0 bridgehead atoms. The summed E-state index contributed by atoms with van der Waals surface area (Å²) >= 11 is 0. The molecule has 2 atom stereocenters. The van der Waals surface area contributed by atoms with Gasteiger partial charge in [0.05, 0.1) is 11.5 Å². The van der Waals surface area contributed by atoms with Crippen molar-refractivity contribution < 1.29 is 19.5 Å². The molecule has 2 rings (SSSR count). The van der Waals surface area contributed by atoms with Gasteiger partial charge in [-0.1, -0.05) is 0 Å². The molecule has 7 nitrogen and oxygen atoms in total. The second kappa shape index (κ2) is 6.55. The first-order chi connectivity index (χ1) is 10.5. The van der Waals surface area contributed by atoms with Gasteiger partial charge in [0.25, 0.3) is 5.91 Å². The van der Waals surface area contributed by atoms with Crippen LogP contribution in [0.25, 0.3) is 0 Å². The number of amides is 2. The highest BCUT2D eigenvalue weighted by Crippen LogP contribution is 2.25. The molecule has 1 aromatic heterocycles. The van der Waals surface area contributed by atoms with Crippen LogP contribution in [-0.2, 0) is 9.59 Å². The number of nitrogens with zero attached hydrogens (tertiary/aromatic N) is 2. The number of aromatic nitrogens is 1. The van der Waals surface area contributed by atoms with Crippen LogP contribution in [-0.4, -0.2) is 52.4 Å². The van der Waals surface area contributed by atoms with E-state index in [-0.39, 0.29) is 24.8 Å². The lowest BCUT2D eigenvalue weighted by Crippen LogP contribution is -2.53. The lowest BCUT2D eigenvalue weighted by molar-refractivity contribution is -0.145. The summed E-state index contributed by atoms with van der Waals surface area (Å²) in [5.74, 6) is -2.01. The molecule has 2 amide bonds. The number of likely N-dealkylation sites (tertiary alicyclic amines) is 1. The Kier molecular flexibility index (Phi) is 4.75. The third-order valence-electron chi connectivity index (χ3n) is 4.01. The summed E-state index contributed by atoms with van der Waals surface area (Å²) in [5, 5.41) is 11.9. The second-order valence-corrected chi connectivity index (χ2v) is 5.39. The quantitative estimate of drug-likeness (QED) is 0.844. The fraction of sp³-hybridized carbons (Fsp3) is 0.467. The highest BCUT2D eigenvalue weighted by atomic mass is 16.4. The number of rotatable bonds is 3. The van der Waals surface area contributed by atoms with Gasteiger partial charge in [-0.15, -0.1) is 0 Å². The topological polar surface area (TPSA) is 99.6 Å². The molecule has 2 heterocycles. The van der Waals surface area contributed by atoms with Crippen LogP contribution in [0, 0.1) is 12.8 Å². The second-order valence-electron chi connectivity index (χ2n) is 5.39. The largest absolute Gasteiger partial charge is 0.480 e. The molecule has 0 unspecified atom stereocenters. The molecule has 0 spiro atoms. The molecule has 0 saturated carbocycles. The van der Waals surface area contributed by atoms with Crippen molar-refractivity contribution in [2.75, 3.05) is 13.6 Å². The molecular weight excluding hydrogens is 286 g/mol. The van der Waals surface area contributed by atoms with E-state index in [1.54, 1.807) is 19.2 Å². The number of piperidine rings is 1. The lowest BCUT2D eigenvalue weighted by Gasteiger charge is -2.37. The SMILES string of the molecule is CNC(=O)[C@H]1CC[C@@H](C(=O)O)N(C(=O)c2cnccc2C)C1. The van der Waals surface area contributed by atoms with E-state index in [0.717, 1.165) is 5.56 Å². The van der Waals surface area contributed by atoms with Gasteiger partial charge in [-0.3, -0.25) is 14.6 Å². The van der Waals surface area contributed by atoms with Gasteiger partial charge >= 0.3 is 5.97 Å². The maximum absolute atomic E-state index is 12.7. The maximum Gasteiger partial charge on any atom is 0.326 e. The minimum atomic E-state index is -1.05. The van der Waals surface area contributed by atoms with Gasteiger partial charge in [-0.2, -0.15) is 0 Å². The Balaban J connectivity index is 2.29. The van der Waals surface area contributed by atoms with Crippen LogP contribution in [0.4, 0.5) is 0 Å². The van der Waals surface area contributed by atoms with Gasteiger partial charge in [0.2, 0.25) is 5.91 Å². The Labute approximate surface area is 128 Å². The molecule has 1 aromatic rings. The molecule has 118 valence electrons. The first-order valence-corrected chi connectivity index (χ1v) is 7.11. The predicted molar refractivity (Wildman–Crippen MR) is 78.2 cm³/mol. The smallest absolute Gasteiger partial charge is 0.326 e. The number of nitrogens with one attached hydrogen (secondary N) is 1. The summed E-state index contributed by atoms with van der Waals surface area (Å²) in [6, 6.07) is 0.788. The number of carbonyl (C=O) groups excluding carboxylic acids is 2. The molecular formula is C15H19N3O4. The molecule has 1 aliphatic rings. The van der Waals surface area contributed by atoms with Gasteiger partial charge in [-0.05, 0) is 31.4 Å². The lowest BCUT2D eigenvalue weighted by atomic mass is 9.91. The van der Waals surface area contributed by atoms with Crippen molar-refractivity contribution in [3.05, 3.63) is 29.6 Å². The van der Waals surface area contributed by atoms with E-state index in [4.69, 9.17) is 0 Å². The summed E-state index contributed by atoms with van der Waals surface area (Å²) in [6.45, 7) is 1.87. The van der Waals surface area contributed by atoms with E-state index in [2.05, 4.69) is 10.3 Å². The van der Waals surface area contributed by atoms with Crippen LogP contribution < -0.4 is 5.32 Å². The minimum absolute atomic E-state index is 0.101. The fourth-order valence-corrected chi connectivity index (χ4v) is 2.71. The molecule has 2 N–H and O–H groups in total. The Morgan fingerprint density at radius 2 is 2.09 bits per heavy atom. The Morgan fingerprint density at radius 3 is 2.68 bits per heavy atom. The Morgan fingerprint density at radius 1 is 1.36 bits per heavy atom. The number of carbonyl (C=O) groups is 3. The normalized spacial score (nSPS) is 21.3. The van der Waals surface area contributed by atoms with E-state index >= 15 is 0 Å². The van der Waals surface area contributed by atoms with Gasteiger partial charge in [0.1, 0.15) is 6.04 Å². The van der Waals surface area contributed by atoms with Gasteiger partial charge < -0.3 is 15.3 Å². The highest BCUT2D eigenvalue weighted by Gasteiger charge is 2.38. The first-order valence-electron chi connectivity index (χ1n) is 7.11. The van der Waals surface area contributed by atoms with Gasteiger partial charge in [-0.25, -0.2) is 4.79 Å². The zero-order valence-corrected chi connectivity index (χ0v) is 12.6. The standard InChI is InChI=1S/C15H19N3O4/c1-9-5-6-17-7-11(9)14(20)18-8-10(13(19)16-2)3-4-12(18)15(21)22/h5-7,10,12H,3-4,8H2,1-2H3,(H,16,19)(H,21,22)/t10-,12-/m0/s1. The monoisotopic (exact) mass is 305 g/mol. The minimum Gasteiger partial charge on any atom is -0.480 e. The Bertz CT molecular complexity index is 602. The van der Waals surface area contributed by atoms with E-state index in [0.29, 0.717) is 12.0 Å². The molecule has 1 fully saturated rings. The molecule has 0 radical (unpaired) electrons. The molecule has 22 heavy (non-hydrogen) atoms. The van der Waals surface area contributed by atoms with Crippen LogP contribution in [0.2, 0.25) is 0 Å². The summed E-state index contributed by atoms with van der Waals surface area (Å²) in [6.07, 6.45) is 3.72. The van der Waals surface area contributed by atoms with Gasteiger partial charge in [0.15, 0.2) is 0 Å². The molecule has 7 heteroatoms. The fourth-order valence-electron chi connectivity index (χ4n) is 2.71. The average Bonchev–Trinajstić information content (AvgIpc) is 2.53. The van der Waals surface area contributed by atoms with E-state index < -0.39 is 17.9 Å². The van der Waals surface area contributed by atoms with Crippen molar-refractivity contribution in [3.63, 3.8) is 0 Å². The molecule has 0 aromatic carbocycles. The number of carboxylic acids is 1. The van der Waals surface area contributed by atoms with E-state index in [1.807, 2.05) is 0 Å². The average molecular weight is 305 g/mol. The van der Waals surface area contributed by atoms with Crippen LogP contribution in [0.1, 0.15) is 28.8 Å². The number of hydrogen-bond acceptors (Lipinski definition) is 4. The van der Waals surface area contributed by atoms with Crippen molar-refractivity contribution in [3.8, 4) is 0 Å². The number of aliphatic carboxylic acids is 1. The Hall–Kier alpha value is -2.44. The predicted octanol–water partition coefficient (Wildman–Crippen LogP) is 0.441. The third kappa shape index (κ3) is 3.08. The van der Waals surface area contributed by atoms with E-state index in [9.17, 15) is 19.5 Å². The molecule has 0 aliphatic carbocycles. The summed E-state index contributed by atoms with van der Waals surface area (Å²) < 4.78 is 0. The van der Waals surface area contributed by atoms with Crippen molar-refractivity contribution in [1.82, 2.24) is 15.2 Å². The van der Waals surface area contributed by atoms with Crippen LogP contribution >= 0.6 is 0 Å². The highest BCUT2D eigenvalue weighted by molar-refractivity contribution is 5.98. The van der Waals surface area contributed by atoms with Crippen molar-refractivity contribution in [2.24, 2.45) is 5.92 Å².